The van der Waals surface area contributed by atoms with E-state index in [4.69, 9.17) is 5.73 Å². The number of nitrogens with two attached hydrogens (primary N) is 1. The van der Waals surface area contributed by atoms with Gasteiger partial charge in [0.25, 0.3) is 0 Å². The first-order chi connectivity index (χ1) is 14.2. The molecular weight excluding hydrogens is 362 g/mol. The van der Waals surface area contributed by atoms with Crippen LogP contribution < -0.4 is 11.1 Å². The van der Waals surface area contributed by atoms with Gasteiger partial charge in [-0.25, -0.2) is 4.68 Å². The lowest BCUT2D eigenvalue weighted by atomic mass is 9.89. The quantitative estimate of drug-likeness (QED) is 0.649. The number of carbonyl (C=O) groups excluding carboxylic acids is 1. The summed E-state index contributed by atoms with van der Waals surface area (Å²) in [5.41, 5.74) is 9.29. The number of nitrogens with zero attached hydrogens (tertiary/aromatic N) is 3. The minimum atomic E-state index is 0.0296. The van der Waals surface area contributed by atoms with Crippen molar-refractivity contribution >= 4 is 5.91 Å². The molecule has 0 bridgehead atoms. The summed E-state index contributed by atoms with van der Waals surface area (Å²) in [7, 11) is 0. The topological polar surface area (TPSA) is 76.2 Å². The molecule has 1 aliphatic heterocycles. The molecule has 2 aromatic carbocycles. The molecule has 150 valence electrons. The molecule has 3 aromatic rings. The molecule has 29 heavy (non-hydrogen) atoms. The van der Waals surface area contributed by atoms with Crippen LogP contribution in [-0.4, -0.2) is 46.8 Å². The molecule has 1 fully saturated rings. The molecule has 1 saturated heterocycles. The van der Waals surface area contributed by atoms with Crippen molar-refractivity contribution in [1.82, 2.24) is 20.0 Å². The fourth-order valence-electron chi connectivity index (χ4n) is 4.04. The second kappa shape index (κ2) is 9.03. The van der Waals surface area contributed by atoms with E-state index in [0.29, 0.717) is 31.5 Å². The molecule has 2 heterocycles. The van der Waals surface area contributed by atoms with E-state index < -0.39 is 0 Å². The minimum absolute atomic E-state index is 0.0296. The van der Waals surface area contributed by atoms with Crippen LogP contribution in [0.4, 0.5) is 0 Å². The Hall–Kier alpha value is -2.96. The summed E-state index contributed by atoms with van der Waals surface area (Å²) >= 11 is 0. The molecule has 1 aliphatic rings. The lowest BCUT2D eigenvalue weighted by molar-refractivity contribution is -0.122. The summed E-state index contributed by atoms with van der Waals surface area (Å²) < 4.78 is 1.82. The van der Waals surface area contributed by atoms with Gasteiger partial charge in [-0.15, -0.1) is 0 Å². The van der Waals surface area contributed by atoms with Crippen LogP contribution in [0, 0.1) is 5.92 Å². The van der Waals surface area contributed by atoms with E-state index in [0.717, 1.165) is 24.3 Å². The van der Waals surface area contributed by atoms with E-state index in [9.17, 15) is 4.79 Å². The molecule has 3 N–H and O–H groups in total. The van der Waals surface area contributed by atoms with Crippen molar-refractivity contribution < 1.29 is 4.79 Å². The number of para-hydroxylation sites is 1. The lowest BCUT2D eigenvalue weighted by Gasteiger charge is -2.16. The second-order valence-electron chi connectivity index (χ2n) is 7.61. The fraction of sp³-hybridized carbons (Fsp3) is 0.304. The fourth-order valence-corrected chi connectivity index (χ4v) is 4.04. The van der Waals surface area contributed by atoms with Gasteiger partial charge in [0, 0.05) is 37.3 Å². The largest absolute Gasteiger partial charge is 0.351 e. The molecule has 1 amide bonds. The normalized spacial score (nSPS) is 19.3. The highest BCUT2D eigenvalue weighted by atomic mass is 16.2. The van der Waals surface area contributed by atoms with Crippen LogP contribution in [-0.2, 0) is 11.3 Å². The third-order valence-corrected chi connectivity index (χ3v) is 5.56. The third-order valence-electron chi connectivity index (χ3n) is 5.56. The summed E-state index contributed by atoms with van der Waals surface area (Å²) in [6.45, 7) is 3.23. The van der Waals surface area contributed by atoms with Gasteiger partial charge in [0.1, 0.15) is 0 Å². The standard InChI is InChI=1S/C23H27N5O/c24-11-20-15-27(16-22(20)19-7-3-1-4-8-19)17-23(29)25-12-18-13-26-28(14-18)21-9-5-2-6-10-21/h1-10,13-14,20,22H,11-12,15-17,24H2,(H,25,29)/t20-,22+/m1/s1. The van der Waals surface area contributed by atoms with Gasteiger partial charge in [0.2, 0.25) is 5.91 Å². The number of benzene rings is 2. The minimum Gasteiger partial charge on any atom is -0.351 e. The maximum atomic E-state index is 12.5. The molecule has 0 radical (unpaired) electrons. The first-order valence-corrected chi connectivity index (χ1v) is 10.1. The Bertz CT molecular complexity index is 925. The monoisotopic (exact) mass is 389 g/mol. The highest BCUT2D eigenvalue weighted by Crippen LogP contribution is 2.31. The maximum absolute atomic E-state index is 12.5. The van der Waals surface area contributed by atoms with Crippen LogP contribution in [0.5, 0.6) is 0 Å². The first kappa shape index (κ1) is 19.4. The zero-order valence-electron chi connectivity index (χ0n) is 16.4. The SMILES string of the molecule is NC[C@@H]1CN(CC(=O)NCc2cnn(-c3ccccc3)c2)C[C@H]1c1ccccc1. The van der Waals surface area contributed by atoms with Gasteiger partial charge in [-0.1, -0.05) is 48.5 Å². The highest BCUT2D eigenvalue weighted by molar-refractivity contribution is 5.78. The van der Waals surface area contributed by atoms with E-state index in [1.54, 1.807) is 6.20 Å². The Labute approximate surface area is 171 Å². The van der Waals surface area contributed by atoms with Crippen LogP contribution in [0.1, 0.15) is 17.0 Å². The molecule has 6 nitrogen and oxygen atoms in total. The van der Waals surface area contributed by atoms with Gasteiger partial charge >= 0.3 is 0 Å². The van der Waals surface area contributed by atoms with E-state index in [1.807, 2.05) is 47.3 Å². The van der Waals surface area contributed by atoms with Crippen molar-refractivity contribution in [1.29, 1.82) is 0 Å². The molecule has 0 spiro atoms. The molecule has 1 aromatic heterocycles. The van der Waals surface area contributed by atoms with Gasteiger partial charge in [-0.3, -0.25) is 9.69 Å². The molecule has 0 unspecified atom stereocenters. The number of aromatic nitrogens is 2. The Balaban J connectivity index is 1.30. The Morgan fingerprint density at radius 2 is 1.79 bits per heavy atom. The number of carbonyl (C=O) groups is 1. The van der Waals surface area contributed by atoms with Crippen molar-refractivity contribution in [2.45, 2.75) is 12.5 Å². The van der Waals surface area contributed by atoms with E-state index in [2.05, 4.69) is 39.6 Å². The average molecular weight is 390 g/mol. The van der Waals surface area contributed by atoms with Gasteiger partial charge in [0.15, 0.2) is 0 Å². The van der Waals surface area contributed by atoms with Crippen LogP contribution in [0.2, 0.25) is 0 Å². The number of hydrogen-bond donors (Lipinski definition) is 2. The Morgan fingerprint density at radius 3 is 2.52 bits per heavy atom. The van der Waals surface area contributed by atoms with Crippen molar-refractivity contribution in [2.24, 2.45) is 11.7 Å². The van der Waals surface area contributed by atoms with Crippen molar-refractivity contribution in [3.05, 3.63) is 84.2 Å². The average Bonchev–Trinajstić information content (AvgIpc) is 3.40. The van der Waals surface area contributed by atoms with Crippen LogP contribution >= 0.6 is 0 Å². The van der Waals surface area contributed by atoms with Crippen LogP contribution in [0.15, 0.2) is 73.1 Å². The summed E-state index contributed by atoms with van der Waals surface area (Å²) in [5, 5.41) is 7.39. The molecule has 2 atom stereocenters. The molecule has 0 saturated carbocycles. The Kier molecular flexibility index (Phi) is 6.03. The third kappa shape index (κ3) is 4.72. The number of rotatable bonds is 7. The van der Waals surface area contributed by atoms with Crippen molar-refractivity contribution in [3.8, 4) is 5.69 Å². The molecule has 4 rings (SSSR count). The second-order valence-corrected chi connectivity index (χ2v) is 7.61. The summed E-state index contributed by atoms with van der Waals surface area (Å²) in [6.07, 6.45) is 3.74. The lowest BCUT2D eigenvalue weighted by Crippen LogP contribution is -2.36. The number of hydrogen-bond acceptors (Lipinski definition) is 4. The van der Waals surface area contributed by atoms with Gasteiger partial charge < -0.3 is 11.1 Å². The summed E-state index contributed by atoms with van der Waals surface area (Å²) in [6, 6.07) is 20.4. The number of nitrogens with one attached hydrogen (secondary N) is 1. The van der Waals surface area contributed by atoms with Gasteiger partial charge in [-0.2, -0.15) is 5.10 Å². The molecule has 6 heteroatoms. The summed E-state index contributed by atoms with van der Waals surface area (Å²) in [5.74, 6) is 0.800. The van der Waals surface area contributed by atoms with E-state index >= 15 is 0 Å². The smallest absolute Gasteiger partial charge is 0.234 e. The van der Waals surface area contributed by atoms with Crippen molar-refractivity contribution in [3.63, 3.8) is 0 Å². The highest BCUT2D eigenvalue weighted by Gasteiger charge is 2.33. The first-order valence-electron chi connectivity index (χ1n) is 10.1. The van der Waals surface area contributed by atoms with Crippen LogP contribution in [0.3, 0.4) is 0 Å². The zero-order valence-corrected chi connectivity index (χ0v) is 16.4. The zero-order chi connectivity index (χ0) is 20.1. The summed E-state index contributed by atoms with van der Waals surface area (Å²) in [4.78, 5) is 14.7. The predicted molar refractivity (Wildman–Crippen MR) is 114 cm³/mol. The van der Waals surface area contributed by atoms with Crippen molar-refractivity contribution in [2.75, 3.05) is 26.2 Å². The maximum Gasteiger partial charge on any atom is 0.234 e. The molecular formula is C23H27N5O. The van der Waals surface area contributed by atoms with Gasteiger partial charge in [-0.05, 0) is 30.2 Å². The number of amides is 1. The van der Waals surface area contributed by atoms with E-state index in [-0.39, 0.29) is 5.91 Å². The Morgan fingerprint density at radius 1 is 1.07 bits per heavy atom. The molecule has 0 aliphatic carbocycles. The van der Waals surface area contributed by atoms with Crippen LogP contribution in [0.25, 0.3) is 5.69 Å². The van der Waals surface area contributed by atoms with Gasteiger partial charge in [0.05, 0.1) is 18.4 Å². The number of likely N-dealkylation sites (tertiary alicyclic amines) is 1. The van der Waals surface area contributed by atoms with E-state index in [1.165, 1.54) is 5.56 Å². The predicted octanol–water partition coefficient (Wildman–Crippen LogP) is 2.16.